The molecule has 166 valence electrons. The first kappa shape index (κ1) is 21.9. The van der Waals surface area contributed by atoms with Crippen LogP contribution in [-0.2, 0) is 13.2 Å². The Kier molecular flexibility index (Phi) is 6.19. The lowest BCUT2D eigenvalue weighted by atomic mass is 9.53. The van der Waals surface area contributed by atoms with Crippen LogP contribution in [0, 0.1) is 17.8 Å². The van der Waals surface area contributed by atoms with Crippen molar-refractivity contribution in [1.29, 1.82) is 0 Å². The van der Waals surface area contributed by atoms with Crippen molar-refractivity contribution in [2.24, 2.45) is 17.8 Å². The average Bonchev–Trinajstić information content (AvgIpc) is 2.71. The van der Waals surface area contributed by atoms with E-state index in [4.69, 9.17) is 32.7 Å². The molecule has 1 N–H and O–H groups in total. The van der Waals surface area contributed by atoms with Crippen molar-refractivity contribution in [1.82, 2.24) is 5.32 Å². The summed E-state index contributed by atoms with van der Waals surface area (Å²) in [5.74, 6) is 4.23. The standard InChI is InChI=1S/C25H28BrCl2NO2/c1-30-23-8-18(13-29-25-10-15-4-16(11-25)6-17(5-15)12-25)7-21(26)24(23)31-14-19-2-3-20(27)9-22(19)28/h2-3,7-9,15-17,29H,4-6,10-14H2,1H3. The highest BCUT2D eigenvalue weighted by atomic mass is 79.9. The molecule has 0 atom stereocenters. The van der Waals surface area contributed by atoms with E-state index < -0.39 is 0 Å². The highest BCUT2D eigenvalue weighted by Gasteiger charge is 2.50. The maximum atomic E-state index is 6.29. The van der Waals surface area contributed by atoms with Gasteiger partial charge in [0.15, 0.2) is 11.5 Å². The van der Waals surface area contributed by atoms with Gasteiger partial charge >= 0.3 is 0 Å². The lowest BCUT2D eigenvalue weighted by Gasteiger charge is -2.57. The highest BCUT2D eigenvalue weighted by molar-refractivity contribution is 9.10. The van der Waals surface area contributed by atoms with Gasteiger partial charge in [0.05, 0.1) is 11.6 Å². The number of rotatable bonds is 7. The van der Waals surface area contributed by atoms with Crippen LogP contribution in [0.5, 0.6) is 11.5 Å². The molecule has 0 saturated heterocycles. The Morgan fingerprint density at radius 1 is 1.03 bits per heavy atom. The van der Waals surface area contributed by atoms with Gasteiger partial charge in [0, 0.05) is 27.7 Å². The van der Waals surface area contributed by atoms with Crippen LogP contribution in [0.4, 0.5) is 0 Å². The smallest absolute Gasteiger partial charge is 0.175 e. The molecule has 0 unspecified atom stereocenters. The fraction of sp³-hybridized carbons (Fsp3) is 0.520. The molecule has 0 aliphatic heterocycles. The second-order valence-electron chi connectivity index (χ2n) is 9.68. The summed E-state index contributed by atoms with van der Waals surface area (Å²) < 4.78 is 12.6. The number of ether oxygens (including phenoxy) is 2. The second kappa shape index (κ2) is 8.78. The number of methoxy groups -OCH3 is 1. The van der Waals surface area contributed by atoms with Crippen molar-refractivity contribution in [3.63, 3.8) is 0 Å². The Bertz CT molecular complexity index is 945. The minimum atomic E-state index is 0.342. The maximum absolute atomic E-state index is 6.29. The first-order valence-corrected chi connectivity index (χ1v) is 12.7. The first-order chi connectivity index (χ1) is 14.9. The summed E-state index contributed by atoms with van der Waals surface area (Å²) in [5.41, 5.74) is 2.43. The molecule has 3 nitrogen and oxygen atoms in total. The lowest BCUT2D eigenvalue weighted by Crippen LogP contribution is -2.58. The van der Waals surface area contributed by atoms with Gasteiger partial charge in [-0.2, -0.15) is 0 Å². The van der Waals surface area contributed by atoms with E-state index in [1.54, 1.807) is 13.2 Å². The summed E-state index contributed by atoms with van der Waals surface area (Å²) >= 11 is 16.0. The van der Waals surface area contributed by atoms with Gasteiger partial charge in [-0.1, -0.05) is 29.3 Å². The fourth-order valence-electron chi connectivity index (χ4n) is 6.42. The molecule has 0 spiro atoms. The van der Waals surface area contributed by atoms with E-state index in [0.29, 0.717) is 27.9 Å². The Labute approximate surface area is 202 Å². The van der Waals surface area contributed by atoms with Crippen molar-refractivity contribution in [2.45, 2.75) is 57.2 Å². The predicted octanol–water partition coefficient (Wildman–Crippen LogP) is 7.40. The minimum absolute atomic E-state index is 0.342. The van der Waals surface area contributed by atoms with Crippen molar-refractivity contribution >= 4 is 39.1 Å². The zero-order valence-corrected chi connectivity index (χ0v) is 20.8. The number of benzene rings is 2. The molecular formula is C25H28BrCl2NO2. The van der Waals surface area contributed by atoms with Crippen molar-refractivity contribution < 1.29 is 9.47 Å². The molecule has 4 aliphatic rings. The Morgan fingerprint density at radius 3 is 2.32 bits per heavy atom. The van der Waals surface area contributed by atoms with Gasteiger partial charge in [0.2, 0.25) is 0 Å². The van der Waals surface area contributed by atoms with Gasteiger partial charge in [-0.25, -0.2) is 0 Å². The summed E-state index contributed by atoms with van der Waals surface area (Å²) in [7, 11) is 1.68. The fourth-order valence-corrected chi connectivity index (χ4v) is 7.49. The van der Waals surface area contributed by atoms with E-state index in [-0.39, 0.29) is 0 Å². The summed E-state index contributed by atoms with van der Waals surface area (Å²) in [6.07, 6.45) is 8.43. The molecule has 4 saturated carbocycles. The van der Waals surface area contributed by atoms with Crippen LogP contribution in [0.15, 0.2) is 34.8 Å². The van der Waals surface area contributed by atoms with Crippen LogP contribution in [0.2, 0.25) is 10.0 Å². The summed E-state index contributed by atoms with van der Waals surface area (Å²) in [6.45, 7) is 1.19. The number of hydrogen-bond donors (Lipinski definition) is 1. The van der Waals surface area contributed by atoms with Crippen molar-refractivity contribution in [3.05, 3.63) is 56.0 Å². The van der Waals surface area contributed by atoms with Gasteiger partial charge in [-0.05, 0) is 102 Å². The molecule has 31 heavy (non-hydrogen) atoms. The molecule has 6 heteroatoms. The first-order valence-electron chi connectivity index (χ1n) is 11.1. The summed E-state index contributed by atoms with van der Waals surface area (Å²) in [4.78, 5) is 0. The molecule has 2 aromatic carbocycles. The van der Waals surface area contributed by atoms with Crippen molar-refractivity contribution in [3.8, 4) is 11.5 Å². The molecule has 0 radical (unpaired) electrons. The molecule has 6 rings (SSSR count). The zero-order chi connectivity index (χ0) is 21.6. The van der Waals surface area contributed by atoms with Crippen molar-refractivity contribution in [2.75, 3.05) is 7.11 Å². The SMILES string of the molecule is COc1cc(CNC23CC4CC(CC(C4)C2)C3)cc(Br)c1OCc1ccc(Cl)cc1Cl. The van der Waals surface area contributed by atoms with E-state index in [9.17, 15) is 0 Å². The largest absolute Gasteiger partial charge is 0.493 e. The molecule has 0 heterocycles. The normalized spacial score (nSPS) is 28.7. The number of hydrogen-bond acceptors (Lipinski definition) is 3. The quantitative estimate of drug-likeness (QED) is 0.409. The minimum Gasteiger partial charge on any atom is -0.493 e. The summed E-state index contributed by atoms with van der Waals surface area (Å²) in [6, 6.07) is 9.64. The molecule has 4 aliphatic carbocycles. The topological polar surface area (TPSA) is 30.5 Å². The molecular weight excluding hydrogens is 497 g/mol. The molecule has 2 aromatic rings. The zero-order valence-electron chi connectivity index (χ0n) is 17.7. The predicted molar refractivity (Wildman–Crippen MR) is 129 cm³/mol. The van der Waals surface area contributed by atoms with Gasteiger partial charge in [-0.15, -0.1) is 0 Å². The van der Waals surface area contributed by atoms with Crippen LogP contribution in [0.25, 0.3) is 0 Å². The van der Waals surface area contributed by atoms with E-state index >= 15 is 0 Å². The summed E-state index contributed by atoms with van der Waals surface area (Å²) in [5, 5.41) is 5.18. The Hall–Kier alpha value is -0.940. The molecule has 0 aromatic heterocycles. The third kappa shape index (κ3) is 4.59. The van der Waals surface area contributed by atoms with E-state index in [0.717, 1.165) is 40.1 Å². The third-order valence-electron chi connectivity index (χ3n) is 7.38. The highest BCUT2D eigenvalue weighted by Crippen LogP contribution is 2.55. The van der Waals surface area contributed by atoms with E-state index in [1.165, 1.54) is 44.1 Å². The van der Waals surface area contributed by atoms with Crippen LogP contribution < -0.4 is 14.8 Å². The van der Waals surface area contributed by atoms with E-state index in [2.05, 4.69) is 33.4 Å². The number of halogens is 3. The van der Waals surface area contributed by atoms with E-state index in [1.807, 2.05) is 12.1 Å². The van der Waals surface area contributed by atoms with Crippen LogP contribution in [0.1, 0.15) is 49.7 Å². The third-order valence-corrected chi connectivity index (χ3v) is 8.56. The van der Waals surface area contributed by atoms with Crippen LogP contribution in [0.3, 0.4) is 0 Å². The monoisotopic (exact) mass is 523 g/mol. The Morgan fingerprint density at radius 2 is 1.71 bits per heavy atom. The maximum Gasteiger partial charge on any atom is 0.175 e. The average molecular weight is 525 g/mol. The van der Waals surface area contributed by atoms with Gasteiger partial charge < -0.3 is 14.8 Å². The van der Waals surface area contributed by atoms with Crippen LogP contribution in [-0.4, -0.2) is 12.6 Å². The van der Waals surface area contributed by atoms with Crippen LogP contribution >= 0.6 is 39.1 Å². The number of nitrogens with one attached hydrogen (secondary N) is 1. The molecule has 4 bridgehead atoms. The molecule has 0 amide bonds. The van der Waals surface area contributed by atoms with Gasteiger partial charge in [0.25, 0.3) is 0 Å². The molecule has 4 fully saturated rings. The lowest BCUT2D eigenvalue weighted by molar-refractivity contribution is -0.0206. The van der Waals surface area contributed by atoms with Gasteiger partial charge in [0.1, 0.15) is 6.61 Å². The Balaban J connectivity index is 1.28. The van der Waals surface area contributed by atoms with Gasteiger partial charge in [-0.3, -0.25) is 0 Å². The second-order valence-corrected chi connectivity index (χ2v) is 11.4.